The largest absolute Gasteiger partial charge is 0.397 e. The zero-order valence-electron chi connectivity index (χ0n) is 7.71. The lowest BCUT2D eigenvalue weighted by atomic mass is 10.2. The van der Waals surface area contributed by atoms with Gasteiger partial charge in [0.2, 0.25) is 0 Å². The van der Waals surface area contributed by atoms with Gasteiger partial charge in [0.05, 0.1) is 5.69 Å². The van der Waals surface area contributed by atoms with Crippen LogP contribution in [0.3, 0.4) is 0 Å². The van der Waals surface area contributed by atoms with Crippen LogP contribution in [0.25, 0.3) is 5.65 Å². The van der Waals surface area contributed by atoms with Crippen molar-refractivity contribution in [3.05, 3.63) is 23.7 Å². The third kappa shape index (κ3) is 1.85. The molecule has 0 amide bonds. The van der Waals surface area contributed by atoms with Crippen molar-refractivity contribution in [3.63, 3.8) is 0 Å². The summed E-state index contributed by atoms with van der Waals surface area (Å²) in [6.07, 6.45) is 1.64. The van der Waals surface area contributed by atoms with E-state index in [1.165, 1.54) is 0 Å². The van der Waals surface area contributed by atoms with Gasteiger partial charge in [-0.1, -0.05) is 34.8 Å². The van der Waals surface area contributed by atoms with Crippen molar-refractivity contribution in [2.24, 2.45) is 0 Å². The Hall–Kier alpha value is -0.710. The maximum absolute atomic E-state index is 5.75. The van der Waals surface area contributed by atoms with E-state index in [1.54, 1.807) is 16.7 Å². The number of alkyl halides is 3. The third-order valence-corrected chi connectivity index (χ3v) is 2.55. The number of fused-ring (bicyclic) bond motifs is 1. The van der Waals surface area contributed by atoms with Gasteiger partial charge in [-0.25, -0.2) is 0 Å². The summed E-state index contributed by atoms with van der Waals surface area (Å²) < 4.78 is -0.0452. The van der Waals surface area contributed by atoms with Crippen LogP contribution in [-0.4, -0.2) is 14.6 Å². The highest BCUT2D eigenvalue weighted by Crippen LogP contribution is 2.37. The summed E-state index contributed by atoms with van der Waals surface area (Å²) >= 11 is 17.2. The number of aromatic nitrogens is 3. The van der Waals surface area contributed by atoms with Gasteiger partial charge in [-0.05, 0) is 18.6 Å². The Morgan fingerprint density at radius 2 is 2.00 bits per heavy atom. The normalized spacial score (nSPS) is 12.3. The lowest BCUT2D eigenvalue weighted by molar-refractivity contribution is 0.934. The number of anilines is 1. The zero-order valence-corrected chi connectivity index (χ0v) is 9.98. The minimum Gasteiger partial charge on any atom is -0.397 e. The van der Waals surface area contributed by atoms with E-state index in [9.17, 15) is 0 Å². The first kappa shape index (κ1) is 10.8. The van der Waals surface area contributed by atoms with Crippen LogP contribution in [0.2, 0.25) is 0 Å². The Balaban J connectivity index is 2.75. The standard InChI is InChI=1S/C8H7Cl3N4/c1-4-2-6-13-14-7(8(9,10)11)15(6)3-5(4)12/h2-3H,12H2,1H3. The second kappa shape index (κ2) is 3.40. The van der Waals surface area contributed by atoms with Crippen LogP contribution in [0, 0.1) is 6.92 Å². The molecular formula is C8H7Cl3N4. The molecule has 0 bridgehead atoms. The summed E-state index contributed by atoms with van der Waals surface area (Å²) in [4.78, 5) is 0. The molecular weight excluding hydrogens is 258 g/mol. The summed E-state index contributed by atoms with van der Waals surface area (Å²) in [5.74, 6) is 0.231. The molecule has 2 aromatic heterocycles. The first-order valence-electron chi connectivity index (χ1n) is 4.07. The van der Waals surface area contributed by atoms with E-state index in [1.807, 2.05) is 6.92 Å². The molecule has 0 atom stereocenters. The highest BCUT2D eigenvalue weighted by atomic mass is 35.6. The van der Waals surface area contributed by atoms with Crippen molar-refractivity contribution >= 4 is 46.1 Å². The Kier molecular flexibility index (Phi) is 2.45. The molecule has 0 saturated carbocycles. The molecule has 0 radical (unpaired) electrons. The van der Waals surface area contributed by atoms with Crippen molar-refractivity contribution in [3.8, 4) is 0 Å². The van der Waals surface area contributed by atoms with Crippen molar-refractivity contribution in [2.75, 3.05) is 5.73 Å². The molecule has 0 saturated heterocycles. The van der Waals surface area contributed by atoms with Gasteiger partial charge in [-0.2, -0.15) is 0 Å². The van der Waals surface area contributed by atoms with Gasteiger partial charge in [0.25, 0.3) is 3.79 Å². The molecule has 0 aliphatic rings. The van der Waals surface area contributed by atoms with E-state index < -0.39 is 3.79 Å². The number of halogens is 3. The van der Waals surface area contributed by atoms with Gasteiger partial charge in [-0.15, -0.1) is 10.2 Å². The van der Waals surface area contributed by atoms with Gasteiger partial charge in [0, 0.05) is 6.20 Å². The number of pyridine rings is 1. The second-order valence-electron chi connectivity index (χ2n) is 3.16. The minimum atomic E-state index is -1.61. The molecule has 7 heteroatoms. The molecule has 2 rings (SSSR count). The number of aryl methyl sites for hydroxylation is 1. The van der Waals surface area contributed by atoms with Gasteiger partial charge in [0.1, 0.15) is 0 Å². The van der Waals surface area contributed by atoms with Gasteiger partial charge < -0.3 is 5.73 Å². The van der Waals surface area contributed by atoms with Crippen molar-refractivity contribution in [1.29, 1.82) is 0 Å². The molecule has 0 unspecified atom stereocenters. The molecule has 2 heterocycles. The average Bonchev–Trinajstić information content (AvgIpc) is 2.47. The van der Waals surface area contributed by atoms with E-state index in [4.69, 9.17) is 40.5 Å². The lowest BCUT2D eigenvalue weighted by Crippen LogP contribution is -2.07. The van der Waals surface area contributed by atoms with Crippen molar-refractivity contribution < 1.29 is 0 Å². The number of nitrogens with zero attached hydrogens (tertiary/aromatic N) is 3. The first-order chi connectivity index (χ1) is 6.89. The van der Waals surface area contributed by atoms with Crippen LogP contribution in [-0.2, 0) is 3.79 Å². The molecule has 0 fully saturated rings. The van der Waals surface area contributed by atoms with Gasteiger partial charge in [0.15, 0.2) is 11.5 Å². The zero-order chi connectivity index (χ0) is 11.2. The topological polar surface area (TPSA) is 56.2 Å². The maximum atomic E-state index is 5.75. The molecule has 4 nitrogen and oxygen atoms in total. The maximum Gasteiger partial charge on any atom is 0.250 e. The SMILES string of the molecule is Cc1cc2nnc(C(Cl)(Cl)Cl)n2cc1N. The number of hydrogen-bond donors (Lipinski definition) is 1. The monoisotopic (exact) mass is 264 g/mol. The van der Waals surface area contributed by atoms with Crippen LogP contribution in [0.1, 0.15) is 11.4 Å². The minimum absolute atomic E-state index is 0.231. The second-order valence-corrected chi connectivity index (χ2v) is 5.44. The van der Waals surface area contributed by atoms with Crippen LogP contribution in [0.5, 0.6) is 0 Å². The van der Waals surface area contributed by atoms with Crippen LogP contribution < -0.4 is 5.73 Å². The van der Waals surface area contributed by atoms with Crippen molar-refractivity contribution in [1.82, 2.24) is 14.6 Å². The highest BCUT2D eigenvalue weighted by molar-refractivity contribution is 6.66. The molecule has 15 heavy (non-hydrogen) atoms. The number of rotatable bonds is 0. The average molecular weight is 266 g/mol. The molecule has 0 spiro atoms. The smallest absolute Gasteiger partial charge is 0.250 e. The predicted octanol–water partition coefficient (Wildman–Crippen LogP) is 2.45. The van der Waals surface area contributed by atoms with E-state index in [-0.39, 0.29) is 5.82 Å². The third-order valence-electron chi connectivity index (χ3n) is 2.04. The van der Waals surface area contributed by atoms with E-state index in [0.29, 0.717) is 11.3 Å². The molecule has 0 aromatic carbocycles. The molecule has 2 aromatic rings. The molecule has 80 valence electrons. The van der Waals surface area contributed by atoms with Gasteiger partial charge >= 0.3 is 0 Å². The summed E-state index contributed by atoms with van der Waals surface area (Å²) in [6.45, 7) is 1.87. The van der Waals surface area contributed by atoms with Crippen molar-refractivity contribution in [2.45, 2.75) is 10.7 Å². The predicted molar refractivity (Wildman–Crippen MR) is 61.4 cm³/mol. The fourth-order valence-corrected chi connectivity index (χ4v) is 1.63. The highest BCUT2D eigenvalue weighted by Gasteiger charge is 2.29. The Morgan fingerprint density at radius 1 is 1.33 bits per heavy atom. The number of nitrogens with two attached hydrogens (primary N) is 1. The summed E-state index contributed by atoms with van der Waals surface area (Å²) in [7, 11) is 0. The number of nitrogen functional groups attached to an aromatic ring is 1. The summed E-state index contributed by atoms with van der Waals surface area (Å²) in [5.41, 5.74) is 7.85. The Morgan fingerprint density at radius 3 is 2.60 bits per heavy atom. The Bertz CT molecular complexity index is 514. The molecule has 0 aliphatic heterocycles. The van der Waals surface area contributed by atoms with Crippen LogP contribution in [0.4, 0.5) is 5.69 Å². The van der Waals surface area contributed by atoms with Gasteiger partial charge in [-0.3, -0.25) is 4.40 Å². The fourth-order valence-electron chi connectivity index (χ4n) is 1.24. The molecule has 0 aliphatic carbocycles. The first-order valence-corrected chi connectivity index (χ1v) is 5.21. The van der Waals surface area contributed by atoms with E-state index in [0.717, 1.165) is 5.56 Å². The summed E-state index contributed by atoms with van der Waals surface area (Å²) in [5, 5.41) is 7.70. The molecule has 2 N–H and O–H groups in total. The lowest BCUT2D eigenvalue weighted by Gasteiger charge is -2.09. The Labute approximate surface area is 101 Å². The van der Waals surface area contributed by atoms with E-state index in [2.05, 4.69) is 10.2 Å². The fraction of sp³-hybridized carbons (Fsp3) is 0.250. The number of hydrogen-bond acceptors (Lipinski definition) is 3. The van der Waals surface area contributed by atoms with E-state index >= 15 is 0 Å². The van der Waals surface area contributed by atoms with Crippen LogP contribution >= 0.6 is 34.8 Å². The summed E-state index contributed by atoms with van der Waals surface area (Å²) in [6, 6.07) is 1.78. The van der Waals surface area contributed by atoms with Crippen LogP contribution in [0.15, 0.2) is 12.3 Å². The quantitative estimate of drug-likeness (QED) is 0.744.